The molecule has 1 amide bonds. The van der Waals surface area contributed by atoms with Crippen molar-refractivity contribution >= 4 is 68.1 Å². The zero-order valence-electron chi connectivity index (χ0n) is 13.5. The van der Waals surface area contributed by atoms with Crippen LogP contribution in [0.25, 0.3) is 5.69 Å². The highest BCUT2D eigenvalue weighted by atomic mass is 79.9. The van der Waals surface area contributed by atoms with E-state index < -0.39 is 16.4 Å². The number of aromatic amines is 1. The normalized spacial score (nSPS) is 10.7. The Balaban J connectivity index is 1.99. The van der Waals surface area contributed by atoms with Crippen molar-refractivity contribution in [2.45, 2.75) is 0 Å². The maximum Gasteiger partial charge on any atom is 0.287 e. The van der Waals surface area contributed by atoms with Gasteiger partial charge in [0.2, 0.25) is 0 Å². The molecule has 0 fully saturated rings. The van der Waals surface area contributed by atoms with Crippen LogP contribution in [0.3, 0.4) is 0 Å². The van der Waals surface area contributed by atoms with E-state index in [-0.39, 0.29) is 42.3 Å². The van der Waals surface area contributed by atoms with E-state index in [9.17, 15) is 19.7 Å². The van der Waals surface area contributed by atoms with Gasteiger partial charge >= 0.3 is 0 Å². The second-order valence-corrected chi connectivity index (χ2v) is 7.46. The fraction of sp³-hybridized carbons (Fsp3) is 0. The van der Waals surface area contributed by atoms with Crippen molar-refractivity contribution in [1.82, 2.24) is 9.78 Å². The number of hydrogen-bond acceptors (Lipinski definition) is 4. The number of nitro benzene ring substituents is 1. The van der Waals surface area contributed by atoms with E-state index in [1.54, 1.807) is 0 Å². The molecule has 0 unspecified atom stereocenters. The topological polar surface area (TPSA) is 110 Å². The van der Waals surface area contributed by atoms with E-state index in [1.165, 1.54) is 30.3 Å². The standard InChI is InChI=1S/C16H8BrCl3N4O4/c17-12-14(21-15(25)7-2-1-3-9(4-7)24(27)28)22-23(16(12)26)13-10(19)5-8(18)6-11(13)20/h1-6,22H,(H,21,25). The van der Waals surface area contributed by atoms with Gasteiger partial charge in [0.1, 0.15) is 16.0 Å². The number of aromatic nitrogens is 2. The molecule has 8 nitrogen and oxygen atoms in total. The Morgan fingerprint density at radius 1 is 1.18 bits per heavy atom. The summed E-state index contributed by atoms with van der Waals surface area (Å²) in [6.07, 6.45) is 0. The molecule has 1 heterocycles. The molecular weight excluding hydrogens is 498 g/mol. The number of halogens is 4. The van der Waals surface area contributed by atoms with Crippen molar-refractivity contribution in [3.8, 4) is 5.69 Å². The van der Waals surface area contributed by atoms with Crippen LogP contribution in [0, 0.1) is 10.1 Å². The number of anilines is 1. The van der Waals surface area contributed by atoms with E-state index in [0.717, 1.165) is 10.7 Å². The molecule has 12 heteroatoms. The fourth-order valence-electron chi connectivity index (χ4n) is 2.35. The van der Waals surface area contributed by atoms with Gasteiger partial charge in [-0.2, -0.15) is 0 Å². The SMILES string of the molecule is O=C(Nc1[nH]n(-c2c(Cl)cc(Cl)cc2Cl)c(=O)c1Br)c1cccc([N+](=O)[O-])c1. The lowest BCUT2D eigenvalue weighted by atomic mass is 10.2. The summed E-state index contributed by atoms with van der Waals surface area (Å²) in [6.45, 7) is 0. The second-order valence-electron chi connectivity index (χ2n) is 5.42. The number of H-pyrrole nitrogens is 1. The van der Waals surface area contributed by atoms with Gasteiger partial charge in [0.25, 0.3) is 17.2 Å². The minimum Gasteiger partial charge on any atom is -0.306 e. The number of carbonyl (C=O) groups excluding carboxylic acids is 1. The average molecular weight is 507 g/mol. The third-order valence-corrected chi connectivity index (χ3v) is 5.13. The molecular formula is C16H8BrCl3N4O4. The Morgan fingerprint density at radius 3 is 2.43 bits per heavy atom. The first-order valence-electron chi connectivity index (χ1n) is 7.40. The quantitative estimate of drug-likeness (QED) is 0.381. The summed E-state index contributed by atoms with van der Waals surface area (Å²) >= 11 is 21.3. The molecule has 0 aliphatic heterocycles. The van der Waals surface area contributed by atoms with E-state index in [4.69, 9.17) is 34.8 Å². The molecule has 0 radical (unpaired) electrons. The third kappa shape index (κ3) is 3.93. The molecule has 144 valence electrons. The van der Waals surface area contributed by atoms with Crippen LogP contribution < -0.4 is 10.9 Å². The van der Waals surface area contributed by atoms with Crippen molar-refractivity contribution in [2.24, 2.45) is 0 Å². The highest BCUT2D eigenvalue weighted by molar-refractivity contribution is 9.10. The van der Waals surface area contributed by atoms with Gasteiger partial charge in [-0.3, -0.25) is 24.8 Å². The van der Waals surface area contributed by atoms with Crippen LogP contribution in [0.5, 0.6) is 0 Å². The number of hydrogen-bond donors (Lipinski definition) is 2. The number of nitro groups is 1. The molecule has 0 atom stereocenters. The zero-order valence-corrected chi connectivity index (χ0v) is 17.4. The molecule has 3 rings (SSSR count). The van der Waals surface area contributed by atoms with E-state index in [1.807, 2.05) is 0 Å². The molecule has 0 bridgehead atoms. The molecule has 3 aromatic rings. The first-order chi connectivity index (χ1) is 13.2. The predicted molar refractivity (Wildman–Crippen MR) is 110 cm³/mol. The van der Waals surface area contributed by atoms with Crippen LogP contribution >= 0.6 is 50.7 Å². The number of amides is 1. The maximum atomic E-state index is 12.5. The van der Waals surface area contributed by atoms with Crippen LogP contribution in [-0.2, 0) is 0 Å². The van der Waals surface area contributed by atoms with E-state index in [2.05, 4.69) is 26.3 Å². The molecule has 2 aromatic carbocycles. The summed E-state index contributed by atoms with van der Waals surface area (Å²) in [5.41, 5.74) is -0.621. The Bertz CT molecular complexity index is 1150. The van der Waals surface area contributed by atoms with Gasteiger partial charge in [0.15, 0.2) is 0 Å². The molecule has 0 aliphatic rings. The summed E-state index contributed by atoms with van der Waals surface area (Å²) in [5.74, 6) is -0.644. The monoisotopic (exact) mass is 504 g/mol. The summed E-state index contributed by atoms with van der Waals surface area (Å²) in [7, 11) is 0. The average Bonchev–Trinajstić information content (AvgIpc) is 2.89. The van der Waals surface area contributed by atoms with Crippen LogP contribution in [0.2, 0.25) is 15.1 Å². The third-order valence-electron chi connectivity index (χ3n) is 3.60. The Kier molecular flexibility index (Phi) is 5.80. The van der Waals surface area contributed by atoms with Gasteiger partial charge < -0.3 is 5.32 Å². The summed E-state index contributed by atoms with van der Waals surface area (Å²) in [6, 6.07) is 7.97. The number of nitrogens with zero attached hydrogens (tertiary/aromatic N) is 2. The zero-order chi connectivity index (χ0) is 20.6. The molecule has 2 N–H and O–H groups in total. The van der Waals surface area contributed by atoms with E-state index in [0.29, 0.717) is 0 Å². The van der Waals surface area contributed by atoms with Gasteiger partial charge in [-0.1, -0.05) is 40.9 Å². The van der Waals surface area contributed by atoms with Gasteiger partial charge in [0.05, 0.1) is 15.0 Å². The minimum atomic E-state index is -0.661. The summed E-state index contributed by atoms with van der Waals surface area (Å²) < 4.78 is 1.04. The van der Waals surface area contributed by atoms with Gasteiger partial charge in [-0.05, 0) is 34.1 Å². The summed E-state index contributed by atoms with van der Waals surface area (Å²) in [4.78, 5) is 35.2. The molecule has 1 aromatic heterocycles. The smallest absolute Gasteiger partial charge is 0.287 e. The largest absolute Gasteiger partial charge is 0.306 e. The van der Waals surface area contributed by atoms with E-state index >= 15 is 0 Å². The lowest BCUT2D eigenvalue weighted by Gasteiger charge is -2.08. The number of benzene rings is 2. The van der Waals surface area contributed by atoms with Crippen molar-refractivity contribution in [3.05, 3.63) is 82.0 Å². The Hall–Kier alpha value is -2.33. The number of carbonyl (C=O) groups is 1. The molecule has 0 saturated carbocycles. The highest BCUT2D eigenvalue weighted by Gasteiger charge is 2.20. The lowest BCUT2D eigenvalue weighted by Crippen LogP contribution is -2.15. The lowest BCUT2D eigenvalue weighted by molar-refractivity contribution is -0.384. The van der Waals surface area contributed by atoms with Crippen LogP contribution in [0.4, 0.5) is 11.5 Å². The molecule has 0 saturated heterocycles. The summed E-state index contributed by atoms with van der Waals surface area (Å²) in [5, 5.41) is 16.5. The molecule has 0 aliphatic carbocycles. The van der Waals surface area contributed by atoms with Crippen molar-refractivity contribution in [3.63, 3.8) is 0 Å². The van der Waals surface area contributed by atoms with Gasteiger partial charge in [-0.15, -0.1) is 0 Å². The molecule has 0 spiro atoms. The first kappa shape index (κ1) is 20.4. The van der Waals surface area contributed by atoms with Crippen molar-refractivity contribution in [2.75, 3.05) is 5.32 Å². The van der Waals surface area contributed by atoms with Gasteiger partial charge in [-0.25, -0.2) is 4.68 Å². The van der Waals surface area contributed by atoms with Crippen LogP contribution in [-0.4, -0.2) is 20.6 Å². The minimum absolute atomic E-state index is 0.00774. The van der Waals surface area contributed by atoms with Crippen molar-refractivity contribution < 1.29 is 9.72 Å². The maximum absolute atomic E-state index is 12.5. The number of non-ortho nitro benzene ring substituents is 1. The number of rotatable bonds is 4. The fourth-order valence-corrected chi connectivity index (χ4v) is 3.70. The highest BCUT2D eigenvalue weighted by Crippen LogP contribution is 2.32. The Morgan fingerprint density at radius 2 is 1.82 bits per heavy atom. The van der Waals surface area contributed by atoms with Crippen LogP contribution in [0.1, 0.15) is 10.4 Å². The van der Waals surface area contributed by atoms with Crippen molar-refractivity contribution in [1.29, 1.82) is 0 Å². The van der Waals surface area contributed by atoms with Gasteiger partial charge in [0, 0.05) is 22.7 Å². The second kappa shape index (κ2) is 7.96. The predicted octanol–water partition coefficient (Wildman–Crippen LogP) is 5.05. The number of nitrogens with one attached hydrogen (secondary N) is 2. The van der Waals surface area contributed by atoms with Crippen LogP contribution in [0.15, 0.2) is 45.7 Å². The molecule has 28 heavy (non-hydrogen) atoms. The Labute approximate surface area is 180 Å². The first-order valence-corrected chi connectivity index (χ1v) is 9.33.